The molecular weight excluding hydrogens is 358 g/mol. The van der Waals surface area contributed by atoms with Crippen LogP contribution < -0.4 is 5.32 Å². The lowest BCUT2D eigenvalue weighted by Gasteiger charge is -2.28. The Kier molecular flexibility index (Phi) is 5.09. The molecule has 0 spiro atoms. The molecule has 0 bridgehead atoms. The van der Waals surface area contributed by atoms with Gasteiger partial charge in [0, 0.05) is 16.6 Å². The zero-order valence-corrected chi connectivity index (χ0v) is 16.4. The van der Waals surface area contributed by atoms with Gasteiger partial charge in [-0.15, -0.1) is 11.3 Å². The number of pyridine rings is 1. The fourth-order valence-corrected chi connectivity index (χ4v) is 4.78. The topological polar surface area (TPSA) is 58.4 Å². The normalized spacial score (nSPS) is 15.8. The Morgan fingerprint density at radius 1 is 1.22 bits per heavy atom. The number of carbonyl (C=O) groups excluding carboxylic acids is 1. The van der Waals surface area contributed by atoms with E-state index in [0.717, 1.165) is 29.3 Å². The van der Waals surface area contributed by atoms with Crippen molar-refractivity contribution in [1.29, 1.82) is 0 Å². The van der Waals surface area contributed by atoms with E-state index in [9.17, 15) is 4.79 Å². The van der Waals surface area contributed by atoms with Gasteiger partial charge in [-0.2, -0.15) is 0 Å². The first-order chi connectivity index (χ1) is 13.1. The molecule has 1 fully saturated rings. The van der Waals surface area contributed by atoms with Crippen molar-refractivity contribution in [2.24, 2.45) is 0 Å². The predicted molar refractivity (Wildman–Crippen MR) is 107 cm³/mol. The molecule has 0 unspecified atom stereocenters. The largest absolute Gasteiger partial charge is 0.459 e. The van der Waals surface area contributed by atoms with Gasteiger partial charge < -0.3 is 9.73 Å². The van der Waals surface area contributed by atoms with E-state index in [4.69, 9.17) is 4.42 Å². The van der Waals surface area contributed by atoms with E-state index in [-0.39, 0.29) is 11.9 Å². The number of aryl methyl sites for hydroxylation is 1. The summed E-state index contributed by atoms with van der Waals surface area (Å²) in [6.07, 6.45) is 5.74. The van der Waals surface area contributed by atoms with E-state index in [1.165, 1.54) is 29.5 Å². The highest BCUT2D eigenvalue weighted by atomic mass is 32.1. The average Bonchev–Trinajstić information content (AvgIpc) is 3.42. The number of thiophene rings is 1. The van der Waals surface area contributed by atoms with Crippen LogP contribution in [-0.4, -0.2) is 28.9 Å². The van der Waals surface area contributed by atoms with Crippen LogP contribution in [0.3, 0.4) is 0 Å². The molecule has 27 heavy (non-hydrogen) atoms. The average molecular weight is 382 g/mol. The van der Waals surface area contributed by atoms with Crippen LogP contribution in [0, 0.1) is 13.8 Å². The smallest absolute Gasteiger partial charge is 0.291 e. The molecule has 4 rings (SSSR count). The molecule has 0 radical (unpaired) electrons. The molecule has 4 heterocycles. The van der Waals surface area contributed by atoms with Crippen LogP contribution in [0.1, 0.15) is 51.1 Å². The Balaban J connectivity index is 1.76. The van der Waals surface area contributed by atoms with Crippen molar-refractivity contribution in [3.05, 3.63) is 70.3 Å². The summed E-state index contributed by atoms with van der Waals surface area (Å²) in [6, 6.07) is 9.50. The van der Waals surface area contributed by atoms with Crippen molar-refractivity contribution in [1.82, 2.24) is 9.88 Å². The summed E-state index contributed by atoms with van der Waals surface area (Å²) in [5.41, 5.74) is 3.39. The maximum absolute atomic E-state index is 12.6. The number of nitrogens with one attached hydrogen (secondary N) is 1. The maximum Gasteiger partial charge on any atom is 0.291 e. The lowest BCUT2D eigenvalue weighted by molar-refractivity contribution is 0.0997. The van der Waals surface area contributed by atoms with Crippen LogP contribution in [0.25, 0.3) is 0 Å². The van der Waals surface area contributed by atoms with Gasteiger partial charge in [0.2, 0.25) is 0 Å². The number of hydrogen-bond acceptors (Lipinski definition) is 5. The minimum Gasteiger partial charge on any atom is -0.459 e. The highest BCUT2D eigenvalue weighted by Crippen LogP contribution is 2.42. The summed E-state index contributed by atoms with van der Waals surface area (Å²) in [5, 5.41) is 3.96. The van der Waals surface area contributed by atoms with E-state index < -0.39 is 0 Å². The van der Waals surface area contributed by atoms with Crippen LogP contribution in [0.15, 0.2) is 47.2 Å². The van der Waals surface area contributed by atoms with Gasteiger partial charge in [-0.1, -0.05) is 6.07 Å². The first-order valence-corrected chi connectivity index (χ1v) is 10.1. The van der Waals surface area contributed by atoms with Gasteiger partial charge in [-0.05, 0) is 69.6 Å². The molecule has 6 heteroatoms. The van der Waals surface area contributed by atoms with Crippen LogP contribution in [0.5, 0.6) is 0 Å². The standard InChI is InChI=1S/C21H23N3O2S/c1-14-15(2)27-21(23-20(25)17-9-7-13-26-17)18(14)19(24-11-5-6-12-24)16-8-3-4-10-22-16/h3-4,7-10,13,19H,5-6,11-12H2,1-2H3,(H,23,25)/t19-/m1/s1. The minimum atomic E-state index is -0.219. The Hall–Kier alpha value is -2.44. The Morgan fingerprint density at radius 2 is 2.04 bits per heavy atom. The molecule has 1 saturated heterocycles. The Labute approximate surface area is 163 Å². The van der Waals surface area contributed by atoms with Gasteiger partial charge in [0.1, 0.15) is 5.00 Å². The van der Waals surface area contributed by atoms with Crippen molar-refractivity contribution in [2.45, 2.75) is 32.7 Å². The van der Waals surface area contributed by atoms with Crippen LogP contribution in [0.2, 0.25) is 0 Å². The lowest BCUT2D eigenvalue weighted by Crippen LogP contribution is -2.28. The monoisotopic (exact) mass is 381 g/mol. The lowest BCUT2D eigenvalue weighted by atomic mass is 9.98. The summed E-state index contributed by atoms with van der Waals surface area (Å²) in [4.78, 5) is 20.9. The van der Waals surface area contributed by atoms with Gasteiger partial charge in [-0.25, -0.2) is 0 Å². The predicted octanol–water partition coefficient (Wildman–Crippen LogP) is 4.79. The van der Waals surface area contributed by atoms with E-state index in [1.54, 1.807) is 23.5 Å². The van der Waals surface area contributed by atoms with Crippen molar-refractivity contribution in [2.75, 3.05) is 18.4 Å². The second-order valence-electron chi connectivity index (χ2n) is 6.86. The molecule has 5 nitrogen and oxygen atoms in total. The molecule has 1 atom stereocenters. The van der Waals surface area contributed by atoms with Gasteiger partial charge in [0.25, 0.3) is 5.91 Å². The number of furan rings is 1. The Bertz CT molecular complexity index is 913. The molecule has 1 aliphatic rings. The third-order valence-corrected chi connectivity index (χ3v) is 6.29. The third-order valence-electron chi connectivity index (χ3n) is 5.15. The van der Waals surface area contributed by atoms with Gasteiger partial charge in [0.05, 0.1) is 18.0 Å². The van der Waals surface area contributed by atoms with Gasteiger partial charge in [0.15, 0.2) is 5.76 Å². The quantitative estimate of drug-likeness (QED) is 0.690. The number of amides is 1. The molecule has 1 amide bonds. The number of likely N-dealkylation sites (tertiary alicyclic amines) is 1. The fraction of sp³-hybridized carbons (Fsp3) is 0.333. The van der Waals surface area contributed by atoms with Crippen molar-refractivity contribution < 1.29 is 9.21 Å². The first-order valence-electron chi connectivity index (χ1n) is 9.25. The Morgan fingerprint density at radius 3 is 2.70 bits per heavy atom. The van der Waals surface area contributed by atoms with Crippen molar-refractivity contribution in [3.8, 4) is 0 Å². The molecule has 0 saturated carbocycles. The van der Waals surface area contributed by atoms with Crippen molar-refractivity contribution in [3.63, 3.8) is 0 Å². The van der Waals surface area contributed by atoms with E-state index >= 15 is 0 Å². The van der Waals surface area contributed by atoms with Crippen LogP contribution in [0.4, 0.5) is 5.00 Å². The minimum absolute atomic E-state index is 0.0468. The molecule has 0 aliphatic carbocycles. The third kappa shape index (κ3) is 3.55. The van der Waals surface area contributed by atoms with E-state index in [2.05, 4.69) is 35.1 Å². The molecular formula is C21H23N3O2S. The molecule has 3 aromatic rings. The summed E-state index contributed by atoms with van der Waals surface area (Å²) < 4.78 is 5.26. The SMILES string of the molecule is Cc1sc(NC(=O)c2ccco2)c([C@@H](c2ccccn2)N2CCCC2)c1C. The molecule has 1 aliphatic heterocycles. The summed E-state index contributed by atoms with van der Waals surface area (Å²) in [5.74, 6) is 0.101. The zero-order valence-electron chi connectivity index (χ0n) is 15.6. The highest BCUT2D eigenvalue weighted by Gasteiger charge is 2.31. The maximum atomic E-state index is 12.6. The molecule has 3 aromatic heterocycles. The molecule has 1 N–H and O–H groups in total. The van der Waals surface area contributed by atoms with E-state index in [0.29, 0.717) is 5.76 Å². The number of hydrogen-bond donors (Lipinski definition) is 1. The number of anilines is 1. The number of aromatic nitrogens is 1. The molecule has 140 valence electrons. The number of nitrogens with zero attached hydrogens (tertiary/aromatic N) is 2. The summed E-state index contributed by atoms with van der Waals surface area (Å²) in [7, 11) is 0. The second kappa shape index (κ2) is 7.66. The second-order valence-corrected chi connectivity index (χ2v) is 8.08. The summed E-state index contributed by atoms with van der Waals surface area (Å²) in [6.45, 7) is 6.32. The van der Waals surface area contributed by atoms with Crippen LogP contribution >= 0.6 is 11.3 Å². The zero-order chi connectivity index (χ0) is 18.8. The van der Waals surface area contributed by atoms with Crippen molar-refractivity contribution >= 4 is 22.2 Å². The van der Waals surface area contributed by atoms with Gasteiger partial charge in [-0.3, -0.25) is 14.7 Å². The number of carbonyl (C=O) groups is 1. The fourth-order valence-electron chi connectivity index (χ4n) is 3.69. The first kappa shape index (κ1) is 17.9. The number of rotatable bonds is 5. The van der Waals surface area contributed by atoms with E-state index in [1.807, 2.05) is 18.3 Å². The molecule has 0 aromatic carbocycles. The highest BCUT2D eigenvalue weighted by molar-refractivity contribution is 7.16. The van der Waals surface area contributed by atoms with Gasteiger partial charge >= 0.3 is 0 Å². The van der Waals surface area contributed by atoms with Crippen LogP contribution in [-0.2, 0) is 0 Å². The summed E-state index contributed by atoms with van der Waals surface area (Å²) >= 11 is 1.62.